The van der Waals surface area contributed by atoms with E-state index in [0.717, 1.165) is 22.3 Å². The summed E-state index contributed by atoms with van der Waals surface area (Å²) in [6.07, 6.45) is 2.54. The highest BCUT2D eigenvalue weighted by Crippen LogP contribution is 2.23. The van der Waals surface area contributed by atoms with Crippen LogP contribution in [0.15, 0.2) is 53.1 Å². The van der Waals surface area contributed by atoms with E-state index >= 15 is 0 Å². The number of hydrogen-bond acceptors (Lipinski definition) is 5. The topological polar surface area (TPSA) is 62.7 Å². The third kappa shape index (κ3) is 3.89. The molecular formula is C18H18BrN5. The molecule has 1 heterocycles. The van der Waals surface area contributed by atoms with Gasteiger partial charge in [-0.25, -0.2) is 0 Å². The number of anilines is 4. The molecule has 3 aromatic rings. The van der Waals surface area contributed by atoms with Gasteiger partial charge in [-0.1, -0.05) is 47.1 Å². The Labute approximate surface area is 149 Å². The van der Waals surface area contributed by atoms with Crippen molar-refractivity contribution in [2.75, 3.05) is 10.6 Å². The van der Waals surface area contributed by atoms with Crippen molar-refractivity contribution in [3.8, 4) is 0 Å². The number of halogens is 1. The van der Waals surface area contributed by atoms with Gasteiger partial charge in [0.05, 0.1) is 6.20 Å². The number of aromatic nitrogens is 3. The Bertz CT molecular complexity index is 850. The van der Waals surface area contributed by atoms with E-state index in [0.29, 0.717) is 11.8 Å². The maximum atomic E-state index is 4.48. The van der Waals surface area contributed by atoms with Gasteiger partial charge < -0.3 is 10.6 Å². The molecule has 0 atom stereocenters. The summed E-state index contributed by atoms with van der Waals surface area (Å²) >= 11 is 3.53. The third-order valence-corrected chi connectivity index (χ3v) is 4.50. The van der Waals surface area contributed by atoms with Gasteiger partial charge in [0.1, 0.15) is 0 Å². The van der Waals surface area contributed by atoms with Crippen molar-refractivity contribution < 1.29 is 0 Å². The molecule has 2 aromatic carbocycles. The molecule has 24 heavy (non-hydrogen) atoms. The quantitative estimate of drug-likeness (QED) is 0.649. The molecule has 0 saturated carbocycles. The van der Waals surface area contributed by atoms with Crippen LogP contribution >= 0.6 is 15.9 Å². The van der Waals surface area contributed by atoms with Crippen LogP contribution in [-0.2, 0) is 6.42 Å². The van der Waals surface area contributed by atoms with Crippen LogP contribution in [0, 0.1) is 6.92 Å². The Morgan fingerprint density at radius 1 is 1.08 bits per heavy atom. The van der Waals surface area contributed by atoms with Crippen molar-refractivity contribution in [3.05, 3.63) is 64.3 Å². The fourth-order valence-corrected chi connectivity index (χ4v) is 2.69. The summed E-state index contributed by atoms with van der Waals surface area (Å²) in [5.41, 5.74) is 4.33. The Hall–Kier alpha value is -2.47. The summed E-state index contributed by atoms with van der Waals surface area (Å²) in [5.74, 6) is 1.10. The molecule has 0 spiro atoms. The largest absolute Gasteiger partial charge is 0.339 e. The third-order valence-electron chi connectivity index (χ3n) is 3.65. The van der Waals surface area contributed by atoms with Crippen molar-refractivity contribution in [1.82, 2.24) is 15.2 Å². The van der Waals surface area contributed by atoms with Crippen molar-refractivity contribution in [2.24, 2.45) is 0 Å². The molecule has 0 amide bonds. The second-order valence-corrected chi connectivity index (χ2v) is 6.24. The number of hydrogen-bond donors (Lipinski definition) is 2. The maximum absolute atomic E-state index is 4.48. The fourth-order valence-electron chi connectivity index (χ4n) is 2.31. The van der Waals surface area contributed by atoms with Crippen LogP contribution in [0.3, 0.4) is 0 Å². The van der Waals surface area contributed by atoms with Crippen LogP contribution in [0.25, 0.3) is 0 Å². The normalized spacial score (nSPS) is 10.5. The van der Waals surface area contributed by atoms with Crippen molar-refractivity contribution >= 4 is 39.1 Å². The summed E-state index contributed by atoms with van der Waals surface area (Å²) in [7, 11) is 0. The van der Waals surface area contributed by atoms with Crippen LogP contribution in [-0.4, -0.2) is 15.2 Å². The van der Waals surface area contributed by atoms with Gasteiger partial charge >= 0.3 is 0 Å². The molecule has 0 saturated heterocycles. The van der Waals surface area contributed by atoms with Gasteiger partial charge in [0.25, 0.3) is 0 Å². The number of aryl methyl sites for hydroxylation is 2. The second-order valence-electron chi connectivity index (χ2n) is 5.39. The summed E-state index contributed by atoms with van der Waals surface area (Å²) in [6.45, 7) is 4.17. The van der Waals surface area contributed by atoms with E-state index in [2.05, 4.69) is 54.7 Å². The zero-order valence-electron chi connectivity index (χ0n) is 13.5. The fraction of sp³-hybridized carbons (Fsp3) is 0.167. The smallest absolute Gasteiger partial charge is 0.249 e. The average molecular weight is 384 g/mol. The summed E-state index contributed by atoms with van der Waals surface area (Å²) in [6, 6.07) is 14.2. The maximum Gasteiger partial charge on any atom is 0.249 e. The molecule has 0 radical (unpaired) electrons. The monoisotopic (exact) mass is 383 g/mol. The second kappa shape index (κ2) is 7.40. The number of para-hydroxylation sites is 1. The van der Waals surface area contributed by atoms with Gasteiger partial charge in [-0.3, -0.25) is 0 Å². The van der Waals surface area contributed by atoms with E-state index in [4.69, 9.17) is 0 Å². The van der Waals surface area contributed by atoms with Gasteiger partial charge in [-0.15, -0.1) is 5.10 Å². The van der Waals surface area contributed by atoms with Crippen molar-refractivity contribution in [1.29, 1.82) is 0 Å². The Balaban J connectivity index is 1.80. The highest BCUT2D eigenvalue weighted by atomic mass is 79.9. The van der Waals surface area contributed by atoms with E-state index in [1.54, 1.807) is 6.20 Å². The molecule has 6 heteroatoms. The Morgan fingerprint density at radius 2 is 1.92 bits per heavy atom. The van der Waals surface area contributed by atoms with Gasteiger partial charge in [-0.05, 0) is 42.7 Å². The summed E-state index contributed by atoms with van der Waals surface area (Å²) < 4.78 is 1.05. The highest BCUT2D eigenvalue weighted by molar-refractivity contribution is 9.10. The lowest BCUT2D eigenvalue weighted by molar-refractivity contribution is 0.980. The summed E-state index contributed by atoms with van der Waals surface area (Å²) in [5, 5.41) is 14.6. The minimum Gasteiger partial charge on any atom is -0.339 e. The molecule has 2 N–H and O–H groups in total. The number of rotatable bonds is 5. The predicted molar refractivity (Wildman–Crippen MR) is 101 cm³/mol. The first-order chi connectivity index (χ1) is 11.7. The van der Waals surface area contributed by atoms with Crippen molar-refractivity contribution in [2.45, 2.75) is 20.3 Å². The Kier molecular flexibility index (Phi) is 5.05. The molecular weight excluding hydrogens is 366 g/mol. The van der Waals surface area contributed by atoms with E-state index < -0.39 is 0 Å². The lowest BCUT2D eigenvalue weighted by atomic mass is 10.1. The first-order valence-electron chi connectivity index (χ1n) is 7.73. The molecule has 0 aliphatic heterocycles. The van der Waals surface area contributed by atoms with E-state index in [9.17, 15) is 0 Å². The molecule has 3 rings (SSSR count). The van der Waals surface area contributed by atoms with Crippen LogP contribution in [0.4, 0.5) is 23.1 Å². The highest BCUT2D eigenvalue weighted by Gasteiger charge is 2.05. The van der Waals surface area contributed by atoms with E-state index in [-0.39, 0.29) is 0 Å². The van der Waals surface area contributed by atoms with Crippen LogP contribution in [0.2, 0.25) is 0 Å². The zero-order chi connectivity index (χ0) is 16.9. The molecule has 1 aromatic heterocycles. The van der Waals surface area contributed by atoms with Crippen LogP contribution in [0.1, 0.15) is 18.1 Å². The summed E-state index contributed by atoms with van der Waals surface area (Å²) in [4.78, 5) is 4.48. The number of benzene rings is 2. The standard InChI is InChI=1S/C18H18BrN5/c1-3-13-6-4-5-7-16(13)22-18-23-17(11-20-24-18)21-14-9-8-12(2)15(19)10-14/h4-11H,3H2,1-2H3,(H2,21,22,23,24). The first-order valence-corrected chi connectivity index (χ1v) is 8.53. The molecule has 0 unspecified atom stereocenters. The van der Waals surface area contributed by atoms with Gasteiger partial charge in [0, 0.05) is 15.8 Å². The molecule has 0 bridgehead atoms. The van der Waals surface area contributed by atoms with Crippen molar-refractivity contribution in [3.63, 3.8) is 0 Å². The van der Waals surface area contributed by atoms with Gasteiger partial charge in [0.15, 0.2) is 5.82 Å². The van der Waals surface area contributed by atoms with Gasteiger partial charge in [-0.2, -0.15) is 10.1 Å². The number of nitrogens with zero attached hydrogens (tertiary/aromatic N) is 3. The number of nitrogens with one attached hydrogen (secondary N) is 2. The van der Waals surface area contributed by atoms with Crippen LogP contribution < -0.4 is 10.6 Å². The van der Waals surface area contributed by atoms with E-state index in [1.165, 1.54) is 11.1 Å². The molecule has 5 nitrogen and oxygen atoms in total. The molecule has 122 valence electrons. The molecule has 0 aliphatic rings. The van der Waals surface area contributed by atoms with Crippen LogP contribution in [0.5, 0.6) is 0 Å². The minimum absolute atomic E-state index is 0.465. The lowest BCUT2D eigenvalue weighted by Crippen LogP contribution is -2.03. The predicted octanol–water partition coefficient (Wildman–Crippen LogP) is 4.99. The van der Waals surface area contributed by atoms with E-state index in [1.807, 2.05) is 43.3 Å². The SMILES string of the molecule is CCc1ccccc1Nc1nncc(Nc2ccc(C)c(Br)c2)n1. The Morgan fingerprint density at radius 3 is 2.71 bits per heavy atom. The molecule has 0 fully saturated rings. The first kappa shape index (κ1) is 16.4. The minimum atomic E-state index is 0.465. The van der Waals surface area contributed by atoms with Gasteiger partial charge in [0.2, 0.25) is 5.95 Å². The molecule has 0 aliphatic carbocycles. The lowest BCUT2D eigenvalue weighted by Gasteiger charge is -2.11. The average Bonchev–Trinajstić information content (AvgIpc) is 2.59. The zero-order valence-corrected chi connectivity index (χ0v) is 15.1.